The van der Waals surface area contributed by atoms with Gasteiger partial charge in [-0.05, 0) is 62.3 Å². The molecule has 3 aromatic rings. The molecule has 0 unspecified atom stereocenters. The van der Waals surface area contributed by atoms with Crippen molar-refractivity contribution in [3.63, 3.8) is 0 Å². The van der Waals surface area contributed by atoms with Crippen LogP contribution in [0.3, 0.4) is 0 Å². The van der Waals surface area contributed by atoms with Crippen molar-refractivity contribution in [1.82, 2.24) is 10.3 Å². The number of carbonyl (C=O) groups excluding carboxylic acids is 1. The Morgan fingerprint density at radius 2 is 1.78 bits per heavy atom. The molecule has 1 aromatic heterocycles. The Hall–Kier alpha value is -2.63. The second-order valence-corrected chi connectivity index (χ2v) is 6.55. The molecule has 0 aliphatic carbocycles. The number of hydrogen-bond acceptors (Lipinski definition) is 4. The topological polar surface area (TPSA) is 66.1 Å². The van der Waals surface area contributed by atoms with E-state index < -0.39 is 0 Å². The Morgan fingerprint density at radius 3 is 2.56 bits per heavy atom. The molecule has 4 rings (SSSR count). The predicted molar refractivity (Wildman–Crippen MR) is 113 cm³/mol. The maximum Gasteiger partial charge on any atom is 0.257 e. The lowest BCUT2D eigenvalue weighted by Crippen LogP contribution is -2.35. The van der Waals surface area contributed by atoms with Crippen LogP contribution in [-0.4, -0.2) is 30.0 Å². The molecule has 1 aliphatic heterocycles. The molecule has 1 fully saturated rings. The molecule has 0 atom stereocenters. The third kappa shape index (κ3) is 4.38. The van der Waals surface area contributed by atoms with Crippen molar-refractivity contribution in [2.24, 2.45) is 0 Å². The van der Waals surface area contributed by atoms with Crippen LogP contribution in [-0.2, 0) is 0 Å². The van der Waals surface area contributed by atoms with Crippen LogP contribution < -0.4 is 16.0 Å². The number of anilines is 2. The Kier molecular flexibility index (Phi) is 6.27. The second-order valence-electron chi connectivity index (χ2n) is 6.55. The number of piperidine rings is 1. The number of amides is 1. The lowest BCUT2D eigenvalue weighted by atomic mass is 10.0. The average molecular weight is 383 g/mol. The zero-order chi connectivity index (χ0) is 17.8. The number of pyridine rings is 1. The summed E-state index contributed by atoms with van der Waals surface area (Å²) >= 11 is 0. The molecule has 1 amide bonds. The van der Waals surface area contributed by atoms with E-state index in [1.807, 2.05) is 54.6 Å². The fraction of sp³-hybridized carbons (Fsp3) is 0.238. The van der Waals surface area contributed by atoms with E-state index in [1.165, 1.54) is 0 Å². The van der Waals surface area contributed by atoms with Gasteiger partial charge in [0.15, 0.2) is 0 Å². The smallest absolute Gasteiger partial charge is 0.257 e. The van der Waals surface area contributed by atoms with Crippen molar-refractivity contribution in [2.75, 3.05) is 23.7 Å². The molecular weight excluding hydrogens is 360 g/mol. The molecule has 140 valence electrons. The van der Waals surface area contributed by atoms with Gasteiger partial charge in [-0.1, -0.05) is 18.2 Å². The minimum Gasteiger partial charge on any atom is -0.382 e. The van der Waals surface area contributed by atoms with Gasteiger partial charge in [0.2, 0.25) is 0 Å². The van der Waals surface area contributed by atoms with Gasteiger partial charge >= 0.3 is 0 Å². The van der Waals surface area contributed by atoms with Gasteiger partial charge in [-0.25, -0.2) is 0 Å². The van der Waals surface area contributed by atoms with Crippen LogP contribution in [0.1, 0.15) is 23.2 Å². The van der Waals surface area contributed by atoms with Crippen LogP contribution in [0.25, 0.3) is 10.9 Å². The number of fused-ring (bicyclic) bond motifs is 1. The summed E-state index contributed by atoms with van der Waals surface area (Å²) in [6, 6.07) is 17.7. The standard InChI is InChI=1S/C21H22N4O.ClH/c26-21(25-15-5-2-1-3-6-15)18-8-9-19(17-7-4-12-23-20(17)18)24-16-10-13-22-14-11-16;/h1-9,12,16,22,24H,10-11,13-14H2,(H,25,26);1H. The highest BCUT2D eigenvalue weighted by Gasteiger charge is 2.17. The van der Waals surface area contributed by atoms with Crippen LogP contribution >= 0.6 is 12.4 Å². The fourth-order valence-electron chi connectivity index (χ4n) is 3.39. The van der Waals surface area contributed by atoms with Crippen LogP contribution in [0.5, 0.6) is 0 Å². The first kappa shape index (κ1) is 19.1. The summed E-state index contributed by atoms with van der Waals surface area (Å²) in [6.07, 6.45) is 3.92. The largest absolute Gasteiger partial charge is 0.382 e. The summed E-state index contributed by atoms with van der Waals surface area (Å²) in [5.74, 6) is -0.145. The summed E-state index contributed by atoms with van der Waals surface area (Å²) in [5, 5.41) is 10.9. The monoisotopic (exact) mass is 382 g/mol. The molecular formula is C21H23ClN4O. The van der Waals surface area contributed by atoms with E-state index in [1.54, 1.807) is 6.20 Å². The quantitative estimate of drug-likeness (QED) is 0.636. The first-order valence-corrected chi connectivity index (χ1v) is 9.02. The van der Waals surface area contributed by atoms with Gasteiger partial charge in [-0.15, -0.1) is 12.4 Å². The van der Waals surface area contributed by atoms with Crippen LogP contribution in [0.4, 0.5) is 11.4 Å². The first-order chi connectivity index (χ1) is 12.8. The highest BCUT2D eigenvalue weighted by molar-refractivity contribution is 6.13. The lowest BCUT2D eigenvalue weighted by Gasteiger charge is -2.25. The Labute approximate surface area is 165 Å². The summed E-state index contributed by atoms with van der Waals surface area (Å²) < 4.78 is 0. The molecule has 27 heavy (non-hydrogen) atoms. The zero-order valence-corrected chi connectivity index (χ0v) is 15.8. The van der Waals surface area contributed by atoms with Crippen molar-refractivity contribution >= 4 is 40.6 Å². The number of nitrogens with zero attached hydrogens (tertiary/aromatic N) is 1. The highest BCUT2D eigenvalue weighted by atomic mass is 35.5. The number of rotatable bonds is 4. The number of para-hydroxylation sites is 1. The minimum absolute atomic E-state index is 0. The van der Waals surface area contributed by atoms with Gasteiger partial charge in [0.25, 0.3) is 5.91 Å². The van der Waals surface area contributed by atoms with Gasteiger partial charge in [0.1, 0.15) is 0 Å². The maximum atomic E-state index is 12.7. The van der Waals surface area contributed by atoms with Gasteiger partial charge in [-0.2, -0.15) is 0 Å². The third-order valence-electron chi connectivity index (χ3n) is 4.74. The van der Waals surface area contributed by atoms with Crippen molar-refractivity contribution in [3.05, 3.63) is 66.4 Å². The van der Waals surface area contributed by atoms with Gasteiger partial charge in [0.05, 0.1) is 11.1 Å². The third-order valence-corrected chi connectivity index (χ3v) is 4.74. The van der Waals surface area contributed by atoms with Crippen molar-refractivity contribution in [1.29, 1.82) is 0 Å². The molecule has 5 nitrogen and oxygen atoms in total. The Morgan fingerprint density at radius 1 is 1.00 bits per heavy atom. The van der Waals surface area contributed by atoms with E-state index in [0.717, 1.165) is 48.2 Å². The van der Waals surface area contributed by atoms with Crippen LogP contribution in [0.2, 0.25) is 0 Å². The summed E-state index contributed by atoms with van der Waals surface area (Å²) in [6.45, 7) is 2.07. The van der Waals surface area contributed by atoms with Gasteiger partial charge in [0, 0.05) is 29.0 Å². The SMILES string of the molecule is Cl.O=C(Nc1ccccc1)c1ccc(NC2CCNCC2)c2cccnc12. The van der Waals surface area contributed by atoms with Crippen LogP contribution in [0, 0.1) is 0 Å². The van der Waals surface area contributed by atoms with Gasteiger partial charge < -0.3 is 16.0 Å². The van der Waals surface area contributed by atoms with Gasteiger partial charge in [-0.3, -0.25) is 9.78 Å². The van der Waals surface area contributed by atoms with E-state index in [-0.39, 0.29) is 18.3 Å². The number of halogens is 1. The molecule has 2 heterocycles. The molecule has 3 N–H and O–H groups in total. The minimum atomic E-state index is -0.145. The predicted octanol–water partition coefficient (Wildman–Crippen LogP) is 4.07. The van der Waals surface area contributed by atoms with Crippen LogP contribution in [0.15, 0.2) is 60.8 Å². The summed E-state index contributed by atoms with van der Waals surface area (Å²) in [7, 11) is 0. The van der Waals surface area contributed by atoms with E-state index >= 15 is 0 Å². The van der Waals surface area contributed by atoms with E-state index in [4.69, 9.17) is 0 Å². The molecule has 1 aliphatic rings. The number of aromatic nitrogens is 1. The molecule has 0 spiro atoms. The summed E-state index contributed by atoms with van der Waals surface area (Å²) in [4.78, 5) is 17.2. The number of nitrogens with one attached hydrogen (secondary N) is 3. The normalized spacial score (nSPS) is 14.4. The molecule has 2 aromatic carbocycles. The Bertz CT molecular complexity index is 910. The molecule has 1 saturated heterocycles. The number of hydrogen-bond donors (Lipinski definition) is 3. The zero-order valence-electron chi connectivity index (χ0n) is 14.9. The van der Waals surface area contributed by atoms with E-state index in [2.05, 4.69) is 20.9 Å². The maximum absolute atomic E-state index is 12.7. The van der Waals surface area contributed by atoms with E-state index in [0.29, 0.717) is 11.6 Å². The Balaban J connectivity index is 0.00000210. The number of benzene rings is 2. The van der Waals surface area contributed by atoms with Crippen molar-refractivity contribution in [3.8, 4) is 0 Å². The molecule has 6 heteroatoms. The lowest BCUT2D eigenvalue weighted by molar-refractivity contribution is 0.102. The highest BCUT2D eigenvalue weighted by Crippen LogP contribution is 2.27. The molecule has 0 saturated carbocycles. The van der Waals surface area contributed by atoms with Crippen molar-refractivity contribution < 1.29 is 4.79 Å². The first-order valence-electron chi connectivity index (χ1n) is 9.02. The second kappa shape index (κ2) is 8.84. The fourth-order valence-corrected chi connectivity index (χ4v) is 3.39. The molecule has 0 bridgehead atoms. The molecule has 0 radical (unpaired) electrons. The summed E-state index contributed by atoms with van der Waals surface area (Å²) in [5.41, 5.74) is 3.12. The van der Waals surface area contributed by atoms with Crippen molar-refractivity contribution in [2.45, 2.75) is 18.9 Å². The average Bonchev–Trinajstić information content (AvgIpc) is 2.70. The van der Waals surface area contributed by atoms with E-state index in [9.17, 15) is 4.79 Å². The number of carbonyl (C=O) groups is 1.